The SMILES string of the molecule is COCc1c(CCl)nnn1Cc1ccccc1Cl. The number of hydrogen-bond donors (Lipinski definition) is 0. The van der Waals surface area contributed by atoms with Gasteiger partial charge in [-0.3, -0.25) is 0 Å². The molecule has 4 nitrogen and oxygen atoms in total. The number of nitrogens with zero attached hydrogens (tertiary/aromatic N) is 3. The number of alkyl halides is 1. The van der Waals surface area contributed by atoms with Crippen molar-refractivity contribution >= 4 is 23.2 Å². The van der Waals surface area contributed by atoms with Gasteiger partial charge in [-0.05, 0) is 11.6 Å². The van der Waals surface area contributed by atoms with E-state index in [4.69, 9.17) is 27.9 Å². The van der Waals surface area contributed by atoms with Crippen LogP contribution in [0.25, 0.3) is 0 Å². The van der Waals surface area contributed by atoms with Gasteiger partial charge in [-0.25, -0.2) is 4.68 Å². The number of benzene rings is 1. The lowest BCUT2D eigenvalue weighted by molar-refractivity contribution is 0.176. The molecule has 0 aliphatic carbocycles. The van der Waals surface area contributed by atoms with E-state index in [-0.39, 0.29) is 0 Å². The molecule has 0 radical (unpaired) electrons. The summed E-state index contributed by atoms with van der Waals surface area (Å²) in [6, 6.07) is 7.65. The average molecular weight is 286 g/mol. The molecule has 0 saturated carbocycles. The fraction of sp³-hybridized carbons (Fsp3) is 0.333. The molecule has 96 valence electrons. The van der Waals surface area contributed by atoms with Crippen molar-refractivity contribution in [3.05, 3.63) is 46.2 Å². The normalized spacial score (nSPS) is 10.8. The van der Waals surface area contributed by atoms with Gasteiger partial charge in [0.15, 0.2) is 0 Å². The Hall–Kier alpha value is -1.10. The third kappa shape index (κ3) is 2.83. The van der Waals surface area contributed by atoms with Crippen molar-refractivity contribution in [2.45, 2.75) is 19.0 Å². The molecule has 0 aliphatic heterocycles. The Kier molecular flexibility index (Phi) is 4.58. The maximum atomic E-state index is 6.13. The van der Waals surface area contributed by atoms with Crippen LogP contribution in [0.2, 0.25) is 5.02 Å². The first-order valence-electron chi connectivity index (χ1n) is 5.45. The number of rotatable bonds is 5. The van der Waals surface area contributed by atoms with E-state index in [0.29, 0.717) is 24.1 Å². The molecule has 2 aromatic rings. The highest BCUT2D eigenvalue weighted by Crippen LogP contribution is 2.18. The summed E-state index contributed by atoms with van der Waals surface area (Å²) in [7, 11) is 1.63. The maximum absolute atomic E-state index is 6.13. The van der Waals surface area contributed by atoms with E-state index in [0.717, 1.165) is 17.0 Å². The lowest BCUT2D eigenvalue weighted by Crippen LogP contribution is -2.08. The van der Waals surface area contributed by atoms with Crippen molar-refractivity contribution in [3.8, 4) is 0 Å². The second-order valence-corrected chi connectivity index (χ2v) is 4.47. The van der Waals surface area contributed by atoms with Gasteiger partial charge in [0, 0.05) is 12.1 Å². The Balaban J connectivity index is 2.29. The molecule has 0 unspecified atom stereocenters. The highest BCUT2D eigenvalue weighted by molar-refractivity contribution is 6.31. The summed E-state index contributed by atoms with van der Waals surface area (Å²) in [4.78, 5) is 0. The topological polar surface area (TPSA) is 39.9 Å². The number of methoxy groups -OCH3 is 1. The molecule has 1 heterocycles. The zero-order valence-corrected chi connectivity index (χ0v) is 11.4. The fourth-order valence-electron chi connectivity index (χ4n) is 1.68. The van der Waals surface area contributed by atoms with Crippen LogP contribution in [0.15, 0.2) is 24.3 Å². The highest BCUT2D eigenvalue weighted by atomic mass is 35.5. The van der Waals surface area contributed by atoms with Crippen LogP contribution < -0.4 is 0 Å². The number of hydrogen-bond acceptors (Lipinski definition) is 3. The lowest BCUT2D eigenvalue weighted by Gasteiger charge is -2.08. The summed E-state index contributed by atoms with van der Waals surface area (Å²) < 4.78 is 6.91. The predicted molar refractivity (Wildman–Crippen MR) is 70.8 cm³/mol. The lowest BCUT2D eigenvalue weighted by atomic mass is 10.2. The summed E-state index contributed by atoms with van der Waals surface area (Å²) in [5, 5.41) is 8.83. The molecule has 0 N–H and O–H groups in total. The minimum absolute atomic E-state index is 0.321. The van der Waals surface area contributed by atoms with Gasteiger partial charge in [-0.2, -0.15) is 0 Å². The molecule has 0 spiro atoms. The third-order valence-electron chi connectivity index (χ3n) is 2.60. The van der Waals surface area contributed by atoms with E-state index in [9.17, 15) is 0 Å². The molecular formula is C12H13Cl2N3O. The Morgan fingerprint density at radius 1 is 1.33 bits per heavy atom. The molecule has 1 aromatic heterocycles. The largest absolute Gasteiger partial charge is 0.378 e. The Bertz CT molecular complexity index is 528. The quantitative estimate of drug-likeness (QED) is 0.793. The predicted octanol–water partition coefficient (Wildman–Crippen LogP) is 2.87. The summed E-state index contributed by atoms with van der Waals surface area (Å²) in [5.74, 6) is 0.321. The molecule has 0 amide bonds. The van der Waals surface area contributed by atoms with Gasteiger partial charge < -0.3 is 4.74 Å². The van der Waals surface area contributed by atoms with Crippen molar-refractivity contribution in [2.75, 3.05) is 7.11 Å². The van der Waals surface area contributed by atoms with Gasteiger partial charge in [0.05, 0.1) is 24.7 Å². The molecule has 0 saturated heterocycles. The number of ether oxygens (including phenoxy) is 1. The van der Waals surface area contributed by atoms with E-state index in [2.05, 4.69) is 10.3 Å². The van der Waals surface area contributed by atoms with Crippen molar-refractivity contribution in [1.82, 2.24) is 15.0 Å². The first kappa shape index (κ1) is 13.3. The molecule has 0 fully saturated rings. The van der Waals surface area contributed by atoms with Crippen LogP contribution in [0.3, 0.4) is 0 Å². The zero-order valence-electron chi connectivity index (χ0n) is 9.94. The maximum Gasteiger partial charge on any atom is 0.103 e. The standard InChI is InChI=1S/C12H13Cl2N3O/c1-18-8-12-11(6-13)15-16-17(12)7-9-4-2-3-5-10(9)14/h2-5H,6-8H2,1H3. The van der Waals surface area contributed by atoms with Gasteiger partial charge in [0.2, 0.25) is 0 Å². The Labute approximate surface area is 115 Å². The Morgan fingerprint density at radius 2 is 2.11 bits per heavy atom. The van der Waals surface area contributed by atoms with Gasteiger partial charge in [0.25, 0.3) is 0 Å². The minimum Gasteiger partial charge on any atom is -0.378 e. The highest BCUT2D eigenvalue weighted by Gasteiger charge is 2.12. The van der Waals surface area contributed by atoms with Gasteiger partial charge in [-0.1, -0.05) is 35.0 Å². The molecule has 2 rings (SSSR count). The van der Waals surface area contributed by atoms with E-state index >= 15 is 0 Å². The third-order valence-corrected chi connectivity index (χ3v) is 3.23. The van der Waals surface area contributed by atoms with E-state index in [1.807, 2.05) is 24.3 Å². The van der Waals surface area contributed by atoms with Crippen LogP contribution in [0.4, 0.5) is 0 Å². The second kappa shape index (κ2) is 6.18. The second-order valence-electron chi connectivity index (χ2n) is 3.80. The molecular weight excluding hydrogens is 273 g/mol. The summed E-state index contributed by atoms with van der Waals surface area (Å²) in [6.07, 6.45) is 0. The minimum atomic E-state index is 0.321. The first-order chi connectivity index (χ1) is 8.76. The molecule has 1 aromatic carbocycles. The fourth-order valence-corrected chi connectivity index (χ4v) is 2.09. The van der Waals surface area contributed by atoms with Crippen LogP contribution in [0, 0.1) is 0 Å². The van der Waals surface area contributed by atoms with Crippen LogP contribution in [0.1, 0.15) is 17.0 Å². The molecule has 0 atom stereocenters. The number of aromatic nitrogens is 3. The average Bonchev–Trinajstić information content (AvgIpc) is 2.75. The van der Waals surface area contributed by atoms with Crippen molar-refractivity contribution in [2.24, 2.45) is 0 Å². The van der Waals surface area contributed by atoms with E-state index in [1.54, 1.807) is 11.8 Å². The van der Waals surface area contributed by atoms with Gasteiger partial charge >= 0.3 is 0 Å². The Morgan fingerprint density at radius 3 is 2.78 bits per heavy atom. The van der Waals surface area contributed by atoms with Crippen molar-refractivity contribution < 1.29 is 4.74 Å². The van der Waals surface area contributed by atoms with Crippen LogP contribution in [-0.2, 0) is 23.8 Å². The molecule has 18 heavy (non-hydrogen) atoms. The smallest absolute Gasteiger partial charge is 0.103 e. The summed E-state index contributed by atoms with van der Waals surface area (Å²) >= 11 is 11.9. The van der Waals surface area contributed by atoms with Crippen molar-refractivity contribution in [1.29, 1.82) is 0 Å². The zero-order chi connectivity index (χ0) is 13.0. The molecule has 0 aliphatic rings. The van der Waals surface area contributed by atoms with Crippen LogP contribution in [0.5, 0.6) is 0 Å². The summed E-state index contributed by atoms with van der Waals surface area (Å²) in [6.45, 7) is 0.988. The number of halogens is 2. The monoisotopic (exact) mass is 285 g/mol. The van der Waals surface area contributed by atoms with Crippen molar-refractivity contribution in [3.63, 3.8) is 0 Å². The summed E-state index contributed by atoms with van der Waals surface area (Å²) in [5.41, 5.74) is 2.61. The van der Waals surface area contributed by atoms with Crippen LogP contribution >= 0.6 is 23.2 Å². The first-order valence-corrected chi connectivity index (χ1v) is 6.37. The molecule has 0 bridgehead atoms. The van der Waals surface area contributed by atoms with E-state index in [1.165, 1.54) is 0 Å². The van der Waals surface area contributed by atoms with Gasteiger partial charge in [0.1, 0.15) is 5.69 Å². The van der Waals surface area contributed by atoms with Gasteiger partial charge in [-0.15, -0.1) is 16.7 Å². The molecule has 6 heteroatoms. The van der Waals surface area contributed by atoms with E-state index < -0.39 is 0 Å². The van der Waals surface area contributed by atoms with Crippen LogP contribution in [-0.4, -0.2) is 22.1 Å².